The molecular formula is C20H19ClN2O2S. The van der Waals surface area contributed by atoms with Crippen molar-refractivity contribution in [3.8, 4) is 5.75 Å². The normalized spacial score (nSPS) is 11.8. The smallest absolute Gasteiger partial charge is 0.226 e. The van der Waals surface area contributed by atoms with Crippen LogP contribution in [0.1, 0.15) is 29.2 Å². The van der Waals surface area contributed by atoms with Gasteiger partial charge in [0.15, 0.2) is 0 Å². The van der Waals surface area contributed by atoms with Crippen molar-refractivity contribution >= 4 is 28.8 Å². The highest BCUT2D eigenvalue weighted by Gasteiger charge is 2.12. The van der Waals surface area contributed by atoms with Gasteiger partial charge in [-0.2, -0.15) is 0 Å². The zero-order valence-electron chi connectivity index (χ0n) is 14.3. The summed E-state index contributed by atoms with van der Waals surface area (Å²) >= 11 is 7.34. The first-order valence-electron chi connectivity index (χ1n) is 8.26. The zero-order chi connectivity index (χ0) is 18.4. The van der Waals surface area contributed by atoms with Gasteiger partial charge in [0.2, 0.25) is 5.91 Å². The Kier molecular flexibility index (Phi) is 6.26. The highest BCUT2D eigenvalue weighted by Crippen LogP contribution is 2.18. The summed E-state index contributed by atoms with van der Waals surface area (Å²) in [5, 5.41) is 6.40. The first-order chi connectivity index (χ1) is 12.6. The van der Waals surface area contributed by atoms with Crippen molar-refractivity contribution in [1.29, 1.82) is 0 Å². The Morgan fingerprint density at radius 3 is 2.65 bits per heavy atom. The van der Waals surface area contributed by atoms with E-state index in [1.807, 2.05) is 54.8 Å². The predicted octanol–water partition coefficient (Wildman–Crippen LogP) is 4.80. The molecule has 1 aromatic heterocycles. The average Bonchev–Trinajstić information content (AvgIpc) is 3.09. The minimum atomic E-state index is -0.0446. The number of nitrogens with one attached hydrogen (secondary N) is 1. The van der Waals surface area contributed by atoms with Gasteiger partial charge in [-0.1, -0.05) is 41.9 Å². The van der Waals surface area contributed by atoms with Gasteiger partial charge in [-0.25, -0.2) is 4.98 Å². The number of carbonyl (C=O) groups is 1. The third-order valence-corrected chi connectivity index (χ3v) is 4.92. The second kappa shape index (κ2) is 8.83. The first kappa shape index (κ1) is 18.4. The topological polar surface area (TPSA) is 51.2 Å². The number of benzene rings is 2. The van der Waals surface area contributed by atoms with Crippen LogP contribution in [0.25, 0.3) is 0 Å². The highest BCUT2D eigenvalue weighted by molar-refractivity contribution is 7.09. The highest BCUT2D eigenvalue weighted by atomic mass is 35.5. The molecule has 6 heteroatoms. The largest absolute Gasteiger partial charge is 0.486 e. The van der Waals surface area contributed by atoms with Crippen LogP contribution >= 0.6 is 22.9 Å². The molecule has 0 spiro atoms. The van der Waals surface area contributed by atoms with E-state index in [0.717, 1.165) is 22.0 Å². The molecule has 1 amide bonds. The number of amides is 1. The van der Waals surface area contributed by atoms with Gasteiger partial charge in [0.1, 0.15) is 17.4 Å². The molecule has 134 valence electrons. The van der Waals surface area contributed by atoms with Crippen molar-refractivity contribution in [2.45, 2.75) is 26.0 Å². The molecule has 2 aromatic carbocycles. The molecule has 0 unspecified atom stereocenters. The molecule has 0 bridgehead atoms. The molecule has 1 atom stereocenters. The molecular weight excluding hydrogens is 368 g/mol. The van der Waals surface area contributed by atoms with Gasteiger partial charge in [-0.05, 0) is 36.8 Å². The zero-order valence-corrected chi connectivity index (χ0v) is 15.9. The maximum absolute atomic E-state index is 12.2. The summed E-state index contributed by atoms with van der Waals surface area (Å²) in [7, 11) is 0. The summed E-state index contributed by atoms with van der Waals surface area (Å²) in [4.78, 5) is 16.7. The Hall–Kier alpha value is -2.37. The molecule has 3 rings (SSSR count). The van der Waals surface area contributed by atoms with Crippen LogP contribution < -0.4 is 10.1 Å². The van der Waals surface area contributed by atoms with Crippen molar-refractivity contribution in [1.82, 2.24) is 10.3 Å². The summed E-state index contributed by atoms with van der Waals surface area (Å²) in [6.07, 6.45) is 0.259. The SMILES string of the molecule is C[C@@H](NC(=O)Cc1csc(COc2ccc(Cl)cc2)n1)c1ccccc1. The number of hydrogen-bond donors (Lipinski definition) is 1. The van der Waals surface area contributed by atoms with E-state index >= 15 is 0 Å². The van der Waals surface area contributed by atoms with Gasteiger partial charge in [0.05, 0.1) is 18.2 Å². The number of carbonyl (C=O) groups excluding carboxylic acids is 1. The summed E-state index contributed by atoms with van der Waals surface area (Å²) in [5.74, 6) is 0.692. The fraction of sp³-hybridized carbons (Fsp3) is 0.200. The summed E-state index contributed by atoms with van der Waals surface area (Å²) in [6.45, 7) is 2.34. The monoisotopic (exact) mass is 386 g/mol. The maximum atomic E-state index is 12.2. The van der Waals surface area contributed by atoms with Crippen LogP contribution in [0.2, 0.25) is 5.02 Å². The average molecular weight is 387 g/mol. The van der Waals surface area contributed by atoms with Crippen LogP contribution in [0.4, 0.5) is 0 Å². The van der Waals surface area contributed by atoms with Gasteiger partial charge >= 0.3 is 0 Å². The van der Waals surface area contributed by atoms with E-state index in [-0.39, 0.29) is 18.4 Å². The van der Waals surface area contributed by atoms with Crippen molar-refractivity contribution in [2.75, 3.05) is 0 Å². The number of halogens is 1. The van der Waals surface area contributed by atoms with Crippen molar-refractivity contribution in [3.05, 3.63) is 81.3 Å². The lowest BCUT2D eigenvalue weighted by atomic mass is 10.1. The molecule has 4 nitrogen and oxygen atoms in total. The van der Waals surface area contributed by atoms with Crippen LogP contribution in [0.3, 0.4) is 0 Å². The summed E-state index contributed by atoms with van der Waals surface area (Å²) < 4.78 is 5.68. The molecule has 3 aromatic rings. The number of rotatable bonds is 7. The van der Waals surface area contributed by atoms with Gasteiger partial charge in [0, 0.05) is 10.4 Å². The van der Waals surface area contributed by atoms with Gasteiger partial charge < -0.3 is 10.1 Å². The third-order valence-electron chi connectivity index (χ3n) is 3.79. The molecule has 26 heavy (non-hydrogen) atoms. The predicted molar refractivity (Wildman–Crippen MR) is 105 cm³/mol. The molecule has 0 radical (unpaired) electrons. The summed E-state index contributed by atoms with van der Waals surface area (Å²) in [6, 6.07) is 17.0. The van der Waals surface area contributed by atoms with Gasteiger partial charge in [-0.3, -0.25) is 4.79 Å². The molecule has 0 fully saturated rings. The van der Waals surface area contributed by atoms with Crippen LogP contribution in [0, 0.1) is 0 Å². The molecule has 0 aliphatic carbocycles. The van der Waals surface area contributed by atoms with E-state index < -0.39 is 0 Å². The van der Waals surface area contributed by atoms with Crippen LogP contribution in [-0.4, -0.2) is 10.9 Å². The number of ether oxygens (including phenoxy) is 1. The van der Waals surface area contributed by atoms with Crippen molar-refractivity contribution in [3.63, 3.8) is 0 Å². The Balaban J connectivity index is 1.49. The molecule has 1 N–H and O–H groups in total. The second-order valence-corrected chi connectivity index (χ2v) is 7.23. The fourth-order valence-corrected chi connectivity index (χ4v) is 3.29. The third kappa shape index (κ3) is 5.31. The van der Waals surface area contributed by atoms with Gasteiger partial charge in [0.25, 0.3) is 0 Å². The standard InChI is InChI=1S/C20H19ClN2O2S/c1-14(15-5-3-2-4-6-15)22-19(24)11-17-13-26-20(23-17)12-25-18-9-7-16(21)8-10-18/h2-10,13-14H,11-12H2,1H3,(H,22,24)/t14-/m1/s1. The van der Waals surface area contributed by atoms with E-state index in [1.54, 1.807) is 12.1 Å². The Morgan fingerprint density at radius 2 is 1.92 bits per heavy atom. The number of thiazole rings is 1. The lowest BCUT2D eigenvalue weighted by molar-refractivity contribution is -0.121. The maximum Gasteiger partial charge on any atom is 0.226 e. The van der Waals surface area contributed by atoms with Crippen LogP contribution in [-0.2, 0) is 17.8 Å². The van der Waals surface area contributed by atoms with E-state index in [9.17, 15) is 4.79 Å². The molecule has 0 saturated heterocycles. The van der Waals surface area contributed by atoms with E-state index in [2.05, 4.69) is 10.3 Å². The van der Waals surface area contributed by atoms with Crippen LogP contribution in [0.15, 0.2) is 60.0 Å². The molecule has 0 aliphatic heterocycles. The van der Waals surface area contributed by atoms with Gasteiger partial charge in [-0.15, -0.1) is 11.3 Å². The Bertz CT molecular complexity index is 850. The first-order valence-corrected chi connectivity index (χ1v) is 9.52. The van der Waals surface area contributed by atoms with E-state index in [4.69, 9.17) is 16.3 Å². The number of nitrogens with zero attached hydrogens (tertiary/aromatic N) is 1. The lowest BCUT2D eigenvalue weighted by Crippen LogP contribution is -2.28. The Labute approximate surface area is 161 Å². The minimum Gasteiger partial charge on any atom is -0.486 e. The molecule has 0 saturated carbocycles. The number of hydrogen-bond acceptors (Lipinski definition) is 4. The Morgan fingerprint density at radius 1 is 1.19 bits per heavy atom. The fourth-order valence-electron chi connectivity index (χ4n) is 2.45. The second-order valence-electron chi connectivity index (χ2n) is 5.85. The molecule has 0 aliphatic rings. The number of aromatic nitrogens is 1. The van der Waals surface area contributed by atoms with E-state index in [0.29, 0.717) is 11.6 Å². The quantitative estimate of drug-likeness (QED) is 0.634. The molecule has 1 heterocycles. The van der Waals surface area contributed by atoms with E-state index in [1.165, 1.54) is 11.3 Å². The van der Waals surface area contributed by atoms with Crippen molar-refractivity contribution in [2.24, 2.45) is 0 Å². The van der Waals surface area contributed by atoms with Crippen molar-refractivity contribution < 1.29 is 9.53 Å². The van der Waals surface area contributed by atoms with Crippen LogP contribution in [0.5, 0.6) is 5.75 Å². The minimum absolute atomic E-state index is 0.0324. The lowest BCUT2D eigenvalue weighted by Gasteiger charge is -2.13. The summed E-state index contributed by atoms with van der Waals surface area (Å²) in [5.41, 5.74) is 1.83.